The minimum absolute atomic E-state index is 0.238. The molecule has 1 fully saturated rings. The maximum absolute atomic E-state index is 13.2. The Morgan fingerprint density at radius 1 is 0.929 bits per heavy atom. The van der Waals surface area contributed by atoms with Crippen molar-refractivity contribution in [2.75, 3.05) is 13.1 Å². The van der Waals surface area contributed by atoms with Crippen LogP contribution < -0.4 is 0 Å². The Kier molecular flexibility index (Phi) is 4.87. The van der Waals surface area contributed by atoms with Gasteiger partial charge in [0.25, 0.3) is 0 Å². The van der Waals surface area contributed by atoms with Crippen molar-refractivity contribution in [2.45, 2.75) is 31.5 Å². The van der Waals surface area contributed by atoms with Crippen LogP contribution >= 0.6 is 0 Å². The number of alkyl halides is 3. The smallest absolute Gasteiger partial charge is 0.416 e. The van der Waals surface area contributed by atoms with Gasteiger partial charge in [0, 0.05) is 18.7 Å². The van der Waals surface area contributed by atoms with E-state index in [2.05, 4.69) is 0 Å². The van der Waals surface area contributed by atoms with Gasteiger partial charge in [0.2, 0.25) is 11.7 Å². The van der Waals surface area contributed by atoms with E-state index in [1.807, 2.05) is 23.1 Å². The first kappa shape index (κ1) is 18.6. The van der Waals surface area contributed by atoms with Crippen molar-refractivity contribution >= 4 is 11.4 Å². The number of carbonyl (C=O) groups is 1. The molecule has 0 bridgehead atoms. The third-order valence-electron chi connectivity index (χ3n) is 5.15. The summed E-state index contributed by atoms with van der Waals surface area (Å²) in [5.74, 6) is 0.101. The molecule has 1 saturated heterocycles. The number of piperidine rings is 1. The van der Waals surface area contributed by atoms with Crippen molar-refractivity contribution in [2.24, 2.45) is 0 Å². The van der Waals surface area contributed by atoms with Crippen LogP contribution in [-0.2, 0) is 15.7 Å². The van der Waals surface area contributed by atoms with Crippen molar-refractivity contribution in [3.63, 3.8) is 0 Å². The first-order valence-corrected chi connectivity index (χ1v) is 9.38. The predicted octanol–water partition coefficient (Wildman–Crippen LogP) is 5.20. The fourth-order valence-corrected chi connectivity index (χ4v) is 3.75. The number of benzene rings is 2. The standard InChI is InChI=1S/C22H20F3NO2/c23-22(24,25)17-11-7-10-16(14-17)18-19(27)20(15-8-3-1-4-9-15)28-21(18)26-12-5-2-6-13-26/h1,3-4,7-11,14,20H,2,5-6,12-13H2. The van der Waals surface area contributed by atoms with Crippen LogP contribution in [0.3, 0.4) is 0 Å². The topological polar surface area (TPSA) is 29.5 Å². The number of hydrogen-bond donors (Lipinski definition) is 0. The van der Waals surface area contributed by atoms with Gasteiger partial charge in [0.15, 0.2) is 6.10 Å². The van der Waals surface area contributed by atoms with E-state index in [0.29, 0.717) is 11.4 Å². The molecule has 0 saturated carbocycles. The third-order valence-corrected chi connectivity index (χ3v) is 5.15. The lowest BCUT2D eigenvalue weighted by atomic mass is 9.95. The summed E-state index contributed by atoms with van der Waals surface area (Å²) in [5, 5.41) is 0. The van der Waals surface area contributed by atoms with Gasteiger partial charge in [0.05, 0.1) is 11.1 Å². The number of hydrogen-bond acceptors (Lipinski definition) is 3. The quantitative estimate of drug-likeness (QED) is 0.725. The van der Waals surface area contributed by atoms with Crippen LogP contribution in [0.5, 0.6) is 0 Å². The Labute approximate surface area is 161 Å². The summed E-state index contributed by atoms with van der Waals surface area (Å²) in [6, 6.07) is 14.0. The number of likely N-dealkylation sites (tertiary alicyclic amines) is 1. The zero-order valence-corrected chi connectivity index (χ0v) is 15.2. The molecule has 0 amide bonds. The molecule has 2 aromatic rings. The van der Waals surface area contributed by atoms with E-state index in [0.717, 1.165) is 44.5 Å². The van der Waals surface area contributed by atoms with Crippen LogP contribution in [0, 0.1) is 0 Å². The molecule has 0 radical (unpaired) electrons. The van der Waals surface area contributed by atoms with Crippen LogP contribution in [0.15, 0.2) is 60.5 Å². The monoisotopic (exact) mass is 387 g/mol. The highest BCUT2D eigenvalue weighted by Crippen LogP contribution is 2.41. The highest BCUT2D eigenvalue weighted by atomic mass is 19.4. The molecule has 2 aliphatic heterocycles. The largest absolute Gasteiger partial charge is 0.462 e. The SMILES string of the molecule is O=C1C(c2cccc(C(F)(F)F)c2)=C(N2CCCCC2)OC1c1ccccc1. The minimum atomic E-state index is -4.47. The van der Waals surface area contributed by atoms with Gasteiger partial charge >= 0.3 is 6.18 Å². The summed E-state index contributed by atoms with van der Waals surface area (Å²) in [7, 11) is 0. The van der Waals surface area contributed by atoms with Crippen molar-refractivity contribution in [1.82, 2.24) is 4.90 Å². The summed E-state index contributed by atoms with van der Waals surface area (Å²) in [6.07, 6.45) is -2.27. The van der Waals surface area contributed by atoms with Gasteiger partial charge in [-0.15, -0.1) is 0 Å². The fourth-order valence-electron chi connectivity index (χ4n) is 3.75. The third kappa shape index (κ3) is 3.51. The second-order valence-electron chi connectivity index (χ2n) is 7.08. The molecule has 0 aliphatic carbocycles. The highest BCUT2D eigenvalue weighted by Gasteiger charge is 2.40. The van der Waals surface area contributed by atoms with E-state index in [9.17, 15) is 18.0 Å². The van der Waals surface area contributed by atoms with E-state index < -0.39 is 17.8 Å². The van der Waals surface area contributed by atoms with Gasteiger partial charge in [-0.1, -0.05) is 42.5 Å². The first-order valence-electron chi connectivity index (χ1n) is 9.38. The zero-order valence-electron chi connectivity index (χ0n) is 15.2. The Hall–Kier alpha value is -2.76. The summed E-state index contributed by atoms with van der Waals surface area (Å²) < 4.78 is 45.7. The van der Waals surface area contributed by atoms with E-state index in [1.54, 1.807) is 18.2 Å². The zero-order chi connectivity index (χ0) is 19.7. The van der Waals surface area contributed by atoms with Crippen molar-refractivity contribution in [3.8, 4) is 0 Å². The van der Waals surface area contributed by atoms with E-state index in [4.69, 9.17) is 4.74 Å². The van der Waals surface area contributed by atoms with Gasteiger partial charge < -0.3 is 9.64 Å². The van der Waals surface area contributed by atoms with Crippen LogP contribution in [0.25, 0.3) is 5.57 Å². The molecule has 3 nitrogen and oxygen atoms in total. The lowest BCUT2D eigenvalue weighted by Crippen LogP contribution is -2.30. The van der Waals surface area contributed by atoms with Crippen molar-refractivity contribution in [1.29, 1.82) is 0 Å². The van der Waals surface area contributed by atoms with Crippen molar-refractivity contribution < 1.29 is 22.7 Å². The van der Waals surface area contributed by atoms with Gasteiger partial charge in [-0.05, 0) is 37.0 Å². The molecule has 0 spiro atoms. The number of carbonyl (C=O) groups excluding carboxylic acids is 1. The summed E-state index contributed by atoms with van der Waals surface area (Å²) in [6.45, 7) is 1.46. The molecule has 2 aliphatic rings. The Morgan fingerprint density at radius 3 is 2.32 bits per heavy atom. The van der Waals surface area contributed by atoms with Gasteiger partial charge in [-0.2, -0.15) is 13.2 Å². The number of halogens is 3. The van der Waals surface area contributed by atoms with Crippen LogP contribution in [0.1, 0.15) is 42.1 Å². The van der Waals surface area contributed by atoms with Crippen molar-refractivity contribution in [3.05, 3.63) is 77.2 Å². The molecule has 2 heterocycles. The fraction of sp³-hybridized carbons (Fsp3) is 0.318. The Bertz CT molecular complexity index is 899. The molecule has 4 rings (SSSR count). The number of nitrogens with zero attached hydrogens (tertiary/aromatic N) is 1. The summed E-state index contributed by atoms with van der Waals surface area (Å²) in [4.78, 5) is 15.2. The first-order chi connectivity index (χ1) is 13.4. The molecule has 1 unspecified atom stereocenters. The molecule has 1 atom stereocenters. The number of Topliss-reactive ketones (excluding diaryl/α,β-unsaturated/α-hetero) is 1. The van der Waals surface area contributed by atoms with E-state index in [1.165, 1.54) is 6.07 Å². The second-order valence-corrected chi connectivity index (χ2v) is 7.08. The summed E-state index contributed by atoms with van der Waals surface area (Å²) >= 11 is 0. The second kappa shape index (κ2) is 7.34. The maximum atomic E-state index is 13.2. The predicted molar refractivity (Wildman–Crippen MR) is 99.1 cm³/mol. The highest BCUT2D eigenvalue weighted by molar-refractivity contribution is 6.25. The molecule has 146 valence electrons. The Morgan fingerprint density at radius 2 is 1.64 bits per heavy atom. The lowest BCUT2D eigenvalue weighted by molar-refractivity contribution is -0.137. The molecule has 0 aromatic heterocycles. The van der Waals surface area contributed by atoms with Crippen LogP contribution in [-0.4, -0.2) is 23.8 Å². The average Bonchev–Trinajstić information content (AvgIpc) is 3.06. The summed E-state index contributed by atoms with van der Waals surface area (Å²) in [5.41, 5.74) is 0.413. The molecule has 0 N–H and O–H groups in total. The average molecular weight is 387 g/mol. The molecule has 6 heteroatoms. The lowest BCUT2D eigenvalue weighted by Gasteiger charge is -2.30. The van der Waals surface area contributed by atoms with Gasteiger partial charge in [0.1, 0.15) is 0 Å². The van der Waals surface area contributed by atoms with E-state index in [-0.39, 0.29) is 16.9 Å². The molecule has 2 aromatic carbocycles. The Balaban J connectivity index is 1.78. The molecular weight excluding hydrogens is 367 g/mol. The number of ketones is 1. The van der Waals surface area contributed by atoms with Crippen LogP contribution in [0.4, 0.5) is 13.2 Å². The normalized spacial score (nSPS) is 20.5. The number of ether oxygens (including phenoxy) is 1. The van der Waals surface area contributed by atoms with E-state index >= 15 is 0 Å². The molecule has 28 heavy (non-hydrogen) atoms. The maximum Gasteiger partial charge on any atom is 0.416 e. The van der Waals surface area contributed by atoms with Crippen LogP contribution in [0.2, 0.25) is 0 Å². The number of rotatable bonds is 3. The minimum Gasteiger partial charge on any atom is -0.462 e. The molecular formula is C22H20F3NO2. The van der Waals surface area contributed by atoms with Gasteiger partial charge in [-0.3, -0.25) is 4.79 Å². The van der Waals surface area contributed by atoms with Gasteiger partial charge in [-0.25, -0.2) is 0 Å².